The highest BCUT2D eigenvalue weighted by Crippen LogP contribution is 2.35. The summed E-state index contributed by atoms with van der Waals surface area (Å²) in [6.45, 7) is 2.00. The number of aromatic nitrogens is 4. The average Bonchev–Trinajstić information content (AvgIpc) is 3.15. The smallest absolute Gasteiger partial charge is 0.124 e. The Labute approximate surface area is 171 Å². The van der Waals surface area contributed by atoms with Crippen molar-refractivity contribution in [3.8, 4) is 26.9 Å². The van der Waals surface area contributed by atoms with E-state index in [-0.39, 0.29) is 0 Å². The van der Waals surface area contributed by atoms with Gasteiger partial charge in [0.2, 0.25) is 0 Å². The van der Waals surface area contributed by atoms with Crippen molar-refractivity contribution in [3.05, 3.63) is 72.2 Å². The van der Waals surface area contributed by atoms with Crippen LogP contribution in [0.1, 0.15) is 11.4 Å². The fourth-order valence-corrected chi connectivity index (χ4v) is 4.41. The Balaban J connectivity index is 1.50. The van der Waals surface area contributed by atoms with E-state index in [1.165, 1.54) is 0 Å². The second-order valence-corrected chi connectivity index (χ2v) is 8.02. The van der Waals surface area contributed by atoms with Crippen LogP contribution in [0.25, 0.3) is 21.1 Å². The highest BCUT2D eigenvalue weighted by molar-refractivity contribution is 7.98. The van der Waals surface area contributed by atoms with Crippen LogP contribution in [0, 0.1) is 6.92 Å². The minimum absolute atomic E-state index is 0.774. The number of methoxy groups -OCH3 is 1. The fraction of sp³-hybridized carbons (Fsp3) is 0.143. The van der Waals surface area contributed by atoms with Crippen molar-refractivity contribution in [2.24, 2.45) is 0 Å². The molecule has 3 heterocycles. The van der Waals surface area contributed by atoms with E-state index in [9.17, 15) is 0 Å². The Bertz CT molecular complexity index is 1050. The number of pyridine rings is 1. The molecule has 0 radical (unpaired) electrons. The summed E-state index contributed by atoms with van der Waals surface area (Å²) in [6, 6.07) is 17.8. The molecule has 0 saturated carbocycles. The van der Waals surface area contributed by atoms with E-state index in [0.29, 0.717) is 0 Å². The van der Waals surface area contributed by atoms with Crippen LogP contribution in [-0.4, -0.2) is 27.3 Å². The Hall–Kier alpha value is -2.77. The van der Waals surface area contributed by atoms with Crippen molar-refractivity contribution in [3.63, 3.8) is 0 Å². The lowest BCUT2D eigenvalue weighted by atomic mass is 10.2. The van der Waals surface area contributed by atoms with E-state index >= 15 is 0 Å². The summed E-state index contributed by atoms with van der Waals surface area (Å²) in [5.41, 5.74) is 3.90. The molecule has 0 aliphatic carbocycles. The van der Waals surface area contributed by atoms with Crippen molar-refractivity contribution in [1.29, 1.82) is 0 Å². The van der Waals surface area contributed by atoms with E-state index in [1.807, 2.05) is 61.5 Å². The Morgan fingerprint density at radius 1 is 1.00 bits per heavy atom. The van der Waals surface area contributed by atoms with Gasteiger partial charge in [-0.2, -0.15) is 0 Å². The van der Waals surface area contributed by atoms with Crippen molar-refractivity contribution >= 4 is 23.1 Å². The van der Waals surface area contributed by atoms with Crippen LogP contribution >= 0.6 is 23.1 Å². The summed E-state index contributed by atoms with van der Waals surface area (Å²) in [7, 11) is 1.66. The van der Waals surface area contributed by atoms with Gasteiger partial charge < -0.3 is 4.74 Å². The molecule has 28 heavy (non-hydrogen) atoms. The van der Waals surface area contributed by atoms with Crippen LogP contribution in [0.3, 0.4) is 0 Å². The van der Waals surface area contributed by atoms with Crippen LogP contribution < -0.4 is 4.74 Å². The van der Waals surface area contributed by atoms with Gasteiger partial charge in [-0.15, -0.1) is 21.5 Å². The SMILES string of the molecule is COc1ccc(-c2nc(C)c(-c3ccc(SCc4ccccn4)nn3)s2)cc1. The molecule has 140 valence electrons. The van der Waals surface area contributed by atoms with Crippen LogP contribution in [0.2, 0.25) is 0 Å². The zero-order chi connectivity index (χ0) is 19.3. The number of aryl methyl sites for hydroxylation is 1. The number of hydrogen-bond donors (Lipinski definition) is 0. The zero-order valence-corrected chi connectivity index (χ0v) is 17.1. The predicted molar refractivity (Wildman–Crippen MR) is 114 cm³/mol. The van der Waals surface area contributed by atoms with Crippen molar-refractivity contribution in [2.75, 3.05) is 7.11 Å². The van der Waals surface area contributed by atoms with Gasteiger partial charge in [0.1, 0.15) is 21.5 Å². The van der Waals surface area contributed by atoms with Gasteiger partial charge in [-0.25, -0.2) is 4.98 Å². The molecular weight excluding hydrogens is 388 g/mol. The summed E-state index contributed by atoms with van der Waals surface area (Å²) in [6.07, 6.45) is 1.80. The van der Waals surface area contributed by atoms with Crippen LogP contribution in [0.4, 0.5) is 0 Å². The Kier molecular flexibility index (Phi) is 5.64. The van der Waals surface area contributed by atoms with Crippen molar-refractivity contribution in [2.45, 2.75) is 17.7 Å². The van der Waals surface area contributed by atoms with Gasteiger partial charge in [0, 0.05) is 17.5 Å². The first-order valence-electron chi connectivity index (χ1n) is 8.71. The molecule has 7 heteroatoms. The normalized spacial score (nSPS) is 10.8. The molecule has 0 unspecified atom stereocenters. The molecule has 0 bridgehead atoms. The quantitative estimate of drug-likeness (QED) is 0.407. The molecule has 0 fully saturated rings. The number of benzene rings is 1. The minimum atomic E-state index is 0.774. The van der Waals surface area contributed by atoms with E-state index in [2.05, 4.69) is 15.2 Å². The maximum absolute atomic E-state index is 5.22. The number of ether oxygens (including phenoxy) is 1. The molecule has 0 amide bonds. The molecule has 0 N–H and O–H groups in total. The van der Waals surface area contributed by atoms with Gasteiger partial charge in [-0.05, 0) is 55.5 Å². The van der Waals surface area contributed by atoms with E-state index in [1.54, 1.807) is 36.4 Å². The predicted octanol–water partition coefficient (Wildman–Crippen LogP) is 5.27. The summed E-state index contributed by atoms with van der Waals surface area (Å²) in [5, 5.41) is 10.6. The molecular formula is C21H18N4OS2. The minimum Gasteiger partial charge on any atom is -0.497 e. The molecule has 0 aliphatic rings. The maximum Gasteiger partial charge on any atom is 0.124 e. The van der Waals surface area contributed by atoms with Gasteiger partial charge >= 0.3 is 0 Å². The summed E-state index contributed by atoms with van der Waals surface area (Å²) >= 11 is 3.25. The summed E-state index contributed by atoms with van der Waals surface area (Å²) in [5.74, 6) is 1.61. The lowest BCUT2D eigenvalue weighted by molar-refractivity contribution is 0.415. The third-order valence-corrected chi connectivity index (χ3v) is 6.28. The third-order valence-electron chi connectivity index (χ3n) is 4.10. The summed E-state index contributed by atoms with van der Waals surface area (Å²) in [4.78, 5) is 10.1. The second-order valence-electron chi connectivity index (χ2n) is 6.03. The van der Waals surface area contributed by atoms with Gasteiger partial charge in [0.25, 0.3) is 0 Å². The molecule has 4 rings (SSSR count). The largest absolute Gasteiger partial charge is 0.497 e. The molecule has 4 aromatic rings. The van der Waals surface area contributed by atoms with Crippen molar-refractivity contribution in [1.82, 2.24) is 20.2 Å². The van der Waals surface area contributed by atoms with Crippen molar-refractivity contribution < 1.29 is 4.74 Å². The van der Waals surface area contributed by atoms with Gasteiger partial charge in [-0.1, -0.05) is 17.8 Å². The molecule has 3 aromatic heterocycles. The lowest BCUT2D eigenvalue weighted by Crippen LogP contribution is -1.91. The number of rotatable bonds is 6. The molecule has 1 aromatic carbocycles. The van der Waals surface area contributed by atoms with E-state index in [0.717, 1.165) is 49.1 Å². The molecule has 0 atom stereocenters. The first-order valence-corrected chi connectivity index (χ1v) is 10.5. The van der Waals surface area contributed by atoms with Crippen LogP contribution in [0.5, 0.6) is 5.75 Å². The fourth-order valence-electron chi connectivity index (χ4n) is 2.64. The van der Waals surface area contributed by atoms with Crippen LogP contribution in [0.15, 0.2) is 65.8 Å². The highest BCUT2D eigenvalue weighted by atomic mass is 32.2. The monoisotopic (exact) mass is 406 g/mol. The van der Waals surface area contributed by atoms with Gasteiger partial charge in [-0.3, -0.25) is 4.98 Å². The van der Waals surface area contributed by atoms with E-state index in [4.69, 9.17) is 9.72 Å². The van der Waals surface area contributed by atoms with E-state index < -0.39 is 0 Å². The molecule has 0 aliphatic heterocycles. The highest BCUT2D eigenvalue weighted by Gasteiger charge is 2.13. The summed E-state index contributed by atoms with van der Waals surface area (Å²) < 4.78 is 5.22. The zero-order valence-electron chi connectivity index (χ0n) is 15.5. The standard InChI is InChI=1S/C21H18N4OS2/c1-14-20(28-21(23-14)15-6-8-17(26-2)9-7-15)18-10-11-19(25-24-18)27-13-16-5-3-4-12-22-16/h3-12H,13H2,1-2H3. The topological polar surface area (TPSA) is 60.8 Å². The van der Waals surface area contributed by atoms with Crippen LogP contribution in [-0.2, 0) is 5.75 Å². The van der Waals surface area contributed by atoms with Gasteiger partial charge in [0.05, 0.1) is 23.4 Å². The first kappa shape index (κ1) is 18.6. The molecule has 0 saturated heterocycles. The number of thiazole rings is 1. The Morgan fingerprint density at radius 3 is 2.54 bits per heavy atom. The molecule has 5 nitrogen and oxygen atoms in total. The number of nitrogens with zero attached hydrogens (tertiary/aromatic N) is 4. The molecule has 0 spiro atoms. The lowest BCUT2D eigenvalue weighted by Gasteiger charge is -2.01. The first-order chi connectivity index (χ1) is 13.7. The number of thioether (sulfide) groups is 1. The maximum atomic E-state index is 5.22. The Morgan fingerprint density at radius 2 is 1.86 bits per heavy atom. The van der Waals surface area contributed by atoms with Gasteiger partial charge in [0.15, 0.2) is 0 Å². The number of hydrogen-bond acceptors (Lipinski definition) is 7. The average molecular weight is 407 g/mol. The third kappa shape index (κ3) is 4.21. The second kappa shape index (κ2) is 8.50.